The van der Waals surface area contributed by atoms with Crippen molar-refractivity contribution in [1.82, 2.24) is 4.90 Å². The summed E-state index contributed by atoms with van der Waals surface area (Å²) in [6, 6.07) is -0.668. The topological polar surface area (TPSA) is 83.6 Å². The zero-order valence-corrected chi connectivity index (χ0v) is 10.5. The number of nitrogens with two attached hydrogens (primary N) is 1. The highest BCUT2D eigenvalue weighted by atomic mass is 16.4. The third-order valence-corrected chi connectivity index (χ3v) is 2.33. The van der Waals surface area contributed by atoms with Crippen LogP contribution in [0.25, 0.3) is 0 Å². The highest BCUT2D eigenvalue weighted by molar-refractivity contribution is 5.85. The van der Waals surface area contributed by atoms with Crippen molar-refractivity contribution < 1.29 is 14.7 Å². The minimum atomic E-state index is -1.01. The molecule has 0 unspecified atom stereocenters. The van der Waals surface area contributed by atoms with Crippen molar-refractivity contribution in [3.8, 4) is 0 Å². The van der Waals surface area contributed by atoms with Crippen LogP contribution in [-0.2, 0) is 9.59 Å². The summed E-state index contributed by atoms with van der Waals surface area (Å²) in [5, 5.41) is 8.71. The van der Waals surface area contributed by atoms with Gasteiger partial charge in [-0.3, -0.25) is 9.59 Å². The maximum atomic E-state index is 12.0. The molecule has 0 spiro atoms. The van der Waals surface area contributed by atoms with Crippen LogP contribution < -0.4 is 5.73 Å². The first-order chi connectivity index (χ1) is 7.20. The Morgan fingerprint density at radius 1 is 1.38 bits per heavy atom. The van der Waals surface area contributed by atoms with Crippen molar-refractivity contribution in [1.29, 1.82) is 0 Å². The number of rotatable bonds is 5. The molecule has 0 saturated carbocycles. The first-order valence-corrected chi connectivity index (χ1v) is 5.46. The van der Waals surface area contributed by atoms with Gasteiger partial charge in [0.25, 0.3) is 0 Å². The highest BCUT2D eigenvalue weighted by Gasteiger charge is 2.31. The van der Waals surface area contributed by atoms with Gasteiger partial charge >= 0.3 is 5.97 Å². The summed E-state index contributed by atoms with van der Waals surface area (Å²) in [4.78, 5) is 23.9. The SMILES string of the molecule is CCCN(CC(=O)O)C(=O)[C@@H](N)C(C)(C)C. The monoisotopic (exact) mass is 230 g/mol. The van der Waals surface area contributed by atoms with E-state index in [1.807, 2.05) is 27.7 Å². The van der Waals surface area contributed by atoms with Crippen LogP contribution >= 0.6 is 0 Å². The van der Waals surface area contributed by atoms with E-state index < -0.39 is 12.0 Å². The van der Waals surface area contributed by atoms with Gasteiger partial charge < -0.3 is 15.7 Å². The Labute approximate surface area is 96.6 Å². The number of hydrogen-bond donors (Lipinski definition) is 2. The molecule has 0 aromatic carbocycles. The number of carboxylic acids is 1. The number of carbonyl (C=O) groups is 2. The lowest BCUT2D eigenvalue weighted by molar-refractivity contribution is -0.146. The largest absolute Gasteiger partial charge is 0.480 e. The van der Waals surface area contributed by atoms with E-state index in [0.717, 1.165) is 6.42 Å². The van der Waals surface area contributed by atoms with Gasteiger partial charge in [-0.15, -0.1) is 0 Å². The van der Waals surface area contributed by atoms with Crippen molar-refractivity contribution in [2.24, 2.45) is 11.1 Å². The molecule has 0 heterocycles. The van der Waals surface area contributed by atoms with Gasteiger partial charge in [0.15, 0.2) is 0 Å². The molecule has 16 heavy (non-hydrogen) atoms. The van der Waals surface area contributed by atoms with Crippen molar-refractivity contribution >= 4 is 11.9 Å². The van der Waals surface area contributed by atoms with Crippen LogP contribution in [0.1, 0.15) is 34.1 Å². The summed E-state index contributed by atoms with van der Waals surface area (Å²) in [5.41, 5.74) is 5.46. The Bertz CT molecular complexity index is 258. The number of carbonyl (C=O) groups excluding carboxylic acids is 1. The van der Waals surface area contributed by atoms with Gasteiger partial charge in [0.2, 0.25) is 5.91 Å². The smallest absolute Gasteiger partial charge is 0.323 e. The lowest BCUT2D eigenvalue weighted by Crippen LogP contribution is -2.51. The fraction of sp³-hybridized carbons (Fsp3) is 0.818. The molecule has 0 radical (unpaired) electrons. The molecular formula is C11H22N2O3. The van der Waals surface area contributed by atoms with Crippen LogP contribution in [0.3, 0.4) is 0 Å². The molecule has 0 saturated heterocycles. The normalized spacial score (nSPS) is 13.3. The molecule has 0 aliphatic heterocycles. The van der Waals surface area contributed by atoms with Crippen LogP contribution in [0.5, 0.6) is 0 Å². The molecule has 1 atom stereocenters. The summed E-state index contributed by atoms with van der Waals surface area (Å²) < 4.78 is 0. The van der Waals surface area contributed by atoms with Crippen LogP contribution in [0.2, 0.25) is 0 Å². The van der Waals surface area contributed by atoms with Crippen molar-refractivity contribution in [2.45, 2.75) is 40.2 Å². The minimum Gasteiger partial charge on any atom is -0.480 e. The predicted octanol–water partition coefficient (Wildman–Crippen LogP) is 0.683. The summed E-state index contributed by atoms with van der Waals surface area (Å²) in [6.07, 6.45) is 0.718. The highest BCUT2D eigenvalue weighted by Crippen LogP contribution is 2.19. The molecule has 1 amide bonds. The third kappa shape index (κ3) is 4.61. The minimum absolute atomic E-state index is 0.281. The lowest BCUT2D eigenvalue weighted by Gasteiger charge is -2.31. The number of aliphatic carboxylic acids is 1. The second kappa shape index (κ2) is 5.84. The fourth-order valence-electron chi connectivity index (χ4n) is 1.27. The molecule has 0 aliphatic carbocycles. The first-order valence-electron chi connectivity index (χ1n) is 5.46. The molecule has 0 aliphatic rings. The van der Waals surface area contributed by atoms with Crippen LogP contribution in [-0.4, -0.2) is 41.0 Å². The zero-order chi connectivity index (χ0) is 12.9. The fourth-order valence-corrected chi connectivity index (χ4v) is 1.27. The summed E-state index contributed by atoms with van der Waals surface area (Å²) in [6.45, 7) is 7.62. The second-order valence-electron chi connectivity index (χ2n) is 5.00. The summed E-state index contributed by atoms with van der Waals surface area (Å²) in [7, 11) is 0. The average molecular weight is 230 g/mol. The molecule has 5 nitrogen and oxygen atoms in total. The molecule has 94 valence electrons. The molecule has 0 aromatic heterocycles. The van der Waals surface area contributed by atoms with E-state index in [1.54, 1.807) is 0 Å². The molecule has 3 N–H and O–H groups in total. The van der Waals surface area contributed by atoms with Gasteiger partial charge in [-0.1, -0.05) is 27.7 Å². The number of amides is 1. The van der Waals surface area contributed by atoms with Crippen LogP contribution in [0, 0.1) is 5.41 Å². The van der Waals surface area contributed by atoms with Crippen molar-refractivity contribution in [3.05, 3.63) is 0 Å². The second-order valence-corrected chi connectivity index (χ2v) is 5.00. The standard InChI is InChI=1S/C11H22N2O3/c1-5-6-13(7-8(14)15)10(16)9(12)11(2,3)4/h9H,5-7,12H2,1-4H3,(H,14,15)/t9-/m1/s1. The molecule has 0 fully saturated rings. The van der Waals surface area contributed by atoms with Gasteiger partial charge in [-0.2, -0.15) is 0 Å². The molecule has 0 rings (SSSR count). The van der Waals surface area contributed by atoms with Gasteiger partial charge in [-0.25, -0.2) is 0 Å². The lowest BCUT2D eigenvalue weighted by atomic mass is 9.86. The van der Waals surface area contributed by atoms with E-state index >= 15 is 0 Å². The number of carboxylic acid groups (broad SMARTS) is 1. The summed E-state index contributed by atoms with van der Waals surface area (Å²) >= 11 is 0. The molecular weight excluding hydrogens is 208 g/mol. The zero-order valence-electron chi connectivity index (χ0n) is 10.5. The van der Waals surface area contributed by atoms with E-state index in [-0.39, 0.29) is 17.9 Å². The molecule has 5 heteroatoms. The number of nitrogens with zero attached hydrogens (tertiary/aromatic N) is 1. The average Bonchev–Trinajstić information content (AvgIpc) is 2.12. The predicted molar refractivity (Wildman–Crippen MR) is 61.9 cm³/mol. The Morgan fingerprint density at radius 3 is 2.19 bits per heavy atom. The van der Waals surface area contributed by atoms with E-state index in [2.05, 4.69) is 0 Å². The third-order valence-electron chi connectivity index (χ3n) is 2.33. The van der Waals surface area contributed by atoms with E-state index in [0.29, 0.717) is 6.54 Å². The Balaban J connectivity index is 4.67. The first kappa shape index (κ1) is 14.9. The van der Waals surface area contributed by atoms with E-state index in [4.69, 9.17) is 10.8 Å². The summed E-state index contributed by atoms with van der Waals surface area (Å²) in [5.74, 6) is -1.31. The maximum Gasteiger partial charge on any atom is 0.323 e. The Kier molecular flexibility index (Phi) is 5.44. The Hall–Kier alpha value is -1.10. The number of hydrogen-bond acceptors (Lipinski definition) is 3. The van der Waals surface area contributed by atoms with Crippen molar-refractivity contribution in [3.63, 3.8) is 0 Å². The van der Waals surface area contributed by atoms with Gasteiger partial charge in [0.1, 0.15) is 6.54 Å². The van der Waals surface area contributed by atoms with Crippen LogP contribution in [0.15, 0.2) is 0 Å². The van der Waals surface area contributed by atoms with E-state index in [9.17, 15) is 9.59 Å². The van der Waals surface area contributed by atoms with Gasteiger partial charge in [0, 0.05) is 6.54 Å². The van der Waals surface area contributed by atoms with E-state index in [1.165, 1.54) is 4.90 Å². The molecule has 0 bridgehead atoms. The van der Waals surface area contributed by atoms with Crippen LogP contribution in [0.4, 0.5) is 0 Å². The molecule has 0 aromatic rings. The van der Waals surface area contributed by atoms with Crippen molar-refractivity contribution in [2.75, 3.05) is 13.1 Å². The van der Waals surface area contributed by atoms with Gasteiger partial charge in [0.05, 0.1) is 6.04 Å². The van der Waals surface area contributed by atoms with Gasteiger partial charge in [-0.05, 0) is 11.8 Å². The Morgan fingerprint density at radius 2 is 1.88 bits per heavy atom. The quantitative estimate of drug-likeness (QED) is 0.727. The maximum absolute atomic E-state index is 12.0.